The summed E-state index contributed by atoms with van der Waals surface area (Å²) in [5.74, 6) is -0.245. The topological polar surface area (TPSA) is 120 Å². The van der Waals surface area contributed by atoms with E-state index >= 15 is 0 Å². The van der Waals surface area contributed by atoms with Crippen LogP contribution in [0.3, 0.4) is 0 Å². The molecule has 9 nitrogen and oxygen atoms in total. The highest BCUT2D eigenvalue weighted by atomic mass is 16.6. The molecule has 3 atom stereocenters. The van der Waals surface area contributed by atoms with Crippen molar-refractivity contribution in [1.29, 1.82) is 0 Å². The summed E-state index contributed by atoms with van der Waals surface area (Å²) in [6, 6.07) is 4.08. The van der Waals surface area contributed by atoms with E-state index in [1.165, 1.54) is 19.2 Å². The molecule has 0 unspecified atom stereocenters. The van der Waals surface area contributed by atoms with Gasteiger partial charge in [0.2, 0.25) is 0 Å². The van der Waals surface area contributed by atoms with Gasteiger partial charge in [0.25, 0.3) is 11.6 Å². The van der Waals surface area contributed by atoms with E-state index in [1.54, 1.807) is 0 Å². The number of ether oxygens (including phenoxy) is 2. The third kappa shape index (κ3) is 6.42. The maximum Gasteiger partial charge on any atom is 0.338 e. The molecule has 160 valence electrons. The van der Waals surface area contributed by atoms with Crippen molar-refractivity contribution in [3.05, 3.63) is 33.9 Å². The lowest BCUT2D eigenvalue weighted by atomic mass is 9.78. The Morgan fingerprint density at radius 1 is 1.28 bits per heavy atom. The Bertz CT molecular complexity index is 739. The van der Waals surface area contributed by atoms with Crippen molar-refractivity contribution in [2.24, 2.45) is 11.8 Å². The molecule has 0 aliphatic heterocycles. The highest BCUT2D eigenvalue weighted by molar-refractivity contribution is 5.93. The molecule has 29 heavy (non-hydrogen) atoms. The van der Waals surface area contributed by atoms with Crippen LogP contribution < -0.4 is 10.6 Å². The van der Waals surface area contributed by atoms with Crippen LogP contribution in [0.5, 0.6) is 0 Å². The Hall–Kier alpha value is -2.68. The van der Waals surface area contributed by atoms with Crippen LogP contribution >= 0.6 is 0 Å². The molecule has 0 heterocycles. The van der Waals surface area contributed by atoms with Gasteiger partial charge in [-0.15, -0.1) is 0 Å². The summed E-state index contributed by atoms with van der Waals surface area (Å²) in [5, 5.41) is 17.1. The number of methoxy groups -OCH3 is 1. The molecule has 1 aromatic carbocycles. The van der Waals surface area contributed by atoms with Crippen LogP contribution in [0, 0.1) is 22.0 Å². The van der Waals surface area contributed by atoms with Crippen LogP contribution in [-0.2, 0) is 14.3 Å². The van der Waals surface area contributed by atoms with Gasteiger partial charge in [0.1, 0.15) is 5.69 Å². The maximum absolute atomic E-state index is 12.2. The monoisotopic (exact) mass is 407 g/mol. The highest BCUT2D eigenvalue weighted by Crippen LogP contribution is 2.29. The molecule has 1 saturated carbocycles. The summed E-state index contributed by atoms with van der Waals surface area (Å²) in [6.07, 6.45) is 3.12. The number of carbonyl (C=O) groups excluding carboxylic acids is 2. The predicted molar refractivity (Wildman–Crippen MR) is 108 cm³/mol. The maximum atomic E-state index is 12.2. The molecule has 1 amide bonds. The summed E-state index contributed by atoms with van der Waals surface area (Å²) in [5.41, 5.74) is 0.0493. The fraction of sp³-hybridized carbons (Fsp3) is 0.600. The van der Waals surface area contributed by atoms with Gasteiger partial charge >= 0.3 is 5.97 Å². The van der Waals surface area contributed by atoms with E-state index < -0.39 is 17.5 Å². The van der Waals surface area contributed by atoms with E-state index in [4.69, 9.17) is 9.47 Å². The minimum atomic E-state index is -0.781. The first-order chi connectivity index (χ1) is 13.8. The Kier molecular flexibility index (Phi) is 8.38. The molecule has 2 rings (SSSR count). The first kappa shape index (κ1) is 22.6. The molecule has 1 aromatic rings. The highest BCUT2D eigenvalue weighted by Gasteiger charge is 2.28. The SMILES string of the molecule is COCCNc1ccc(C(=O)OCC(=O)N[C@@H]2CCC[C@@H](C)[C@H]2C)cc1[N+](=O)[O-]. The number of nitro benzene ring substituents is 1. The van der Waals surface area contributed by atoms with Gasteiger partial charge in [-0.05, 0) is 30.4 Å². The average Bonchev–Trinajstić information content (AvgIpc) is 2.70. The Balaban J connectivity index is 1.93. The van der Waals surface area contributed by atoms with E-state index in [0.717, 1.165) is 25.3 Å². The molecular formula is C20H29N3O6. The van der Waals surface area contributed by atoms with Gasteiger partial charge < -0.3 is 20.1 Å². The number of hydrogen-bond acceptors (Lipinski definition) is 7. The van der Waals surface area contributed by atoms with E-state index in [9.17, 15) is 19.7 Å². The fourth-order valence-corrected chi connectivity index (χ4v) is 3.50. The second-order valence-electron chi connectivity index (χ2n) is 7.43. The van der Waals surface area contributed by atoms with E-state index in [-0.39, 0.29) is 28.9 Å². The number of nitrogens with zero attached hydrogens (tertiary/aromatic N) is 1. The summed E-state index contributed by atoms with van der Waals surface area (Å²) in [6.45, 7) is 4.64. The van der Waals surface area contributed by atoms with Gasteiger partial charge in [-0.1, -0.05) is 26.7 Å². The molecule has 1 aliphatic carbocycles. The van der Waals surface area contributed by atoms with Crippen LogP contribution in [0.25, 0.3) is 0 Å². The van der Waals surface area contributed by atoms with Gasteiger partial charge in [0.15, 0.2) is 6.61 Å². The molecule has 9 heteroatoms. The minimum absolute atomic E-state index is 0.0152. The van der Waals surface area contributed by atoms with Gasteiger partial charge in [0, 0.05) is 25.8 Å². The largest absolute Gasteiger partial charge is 0.452 e. The number of anilines is 1. The van der Waals surface area contributed by atoms with Crippen LogP contribution in [0.1, 0.15) is 43.5 Å². The van der Waals surface area contributed by atoms with Gasteiger partial charge in [-0.2, -0.15) is 0 Å². The summed E-state index contributed by atoms with van der Waals surface area (Å²) >= 11 is 0. The number of amides is 1. The van der Waals surface area contributed by atoms with Crippen molar-refractivity contribution in [3.8, 4) is 0 Å². The zero-order valence-corrected chi connectivity index (χ0v) is 17.1. The van der Waals surface area contributed by atoms with E-state index in [2.05, 4.69) is 24.5 Å². The first-order valence-electron chi connectivity index (χ1n) is 9.81. The van der Waals surface area contributed by atoms with Crippen molar-refractivity contribution in [1.82, 2.24) is 5.32 Å². The van der Waals surface area contributed by atoms with Gasteiger partial charge in [-0.25, -0.2) is 4.79 Å². The Morgan fingerprint density at radius 2 is 2.03 bits per heavy atom. The summed E-state index contributed by atoms with van der Waals surface area (Å²) < 4.78 is 9.96. The van der Waals surface area contributed by atoms with Crippen molar-refractivity contribution >= 4 is 23.3 Å². The number of rotatable bonds is 9. The second kappa shape index (κ2) is 10.8. The molecular weight excluding hydrogens is 378 g/mol. The summed E-state index contributed by atoms with van der Waals surface area (Å²) in [7, 11) is 1.53. The second-order valence-corrected chi connectivity index (χ2v) is 7.43. The zero-order valence-electron chi connectivity index (χ0n) is 17.1. The van der Waals surface area contributed by atoms with Crippen LogP contribution in [0.2, 0.25) is 0 Å². The zero-order chi connectivity index (χ0) is 21.4. The lowest BCUT2D eigenvalue weighted by Gasteiger charge is -2.34. The number of nitrogens with one attached hydrogen (secondary N) is 2. The Morgan fingerprint density at radius 3 is 2.72 bits per heavy atom. The first-order valence-corrected chi connectivity index (χ1v) is 9.81. The molecule has 0 saturated heterocycles. The van der Waals surface area contributed by atoms with Crippen LogP contribution in [0.4, 0.5) is 11.4 Å². The van der Waals surface area contributed by atoms with Crippen molar-refractivity contribution in [3.63, 3.8) is 0 Å². The summed E-state index contributed by atoms with van der Waals surface area (Å²) in [4.78, 5) is 35.1. The molecule has 1 aliphatic rings. The molecule has 0 aromatic heterocycles. The molecule has 1 fully saturated rings. The van der Waals surface area contributed by atoms with Crippen LogP contribution in [0.15, 0.2) is 18.2 Å². The number of esters is 1. The standard InChI is InChI=1S/C20H29N3O6/c1-13-5-4-6-16(14(13)2)22-19(24)12-29-20(25)15-7-8-17(21-9-10-28-3)18(11-15)23(26)27/h7-8,11,13-14,16,21H,4-6,9-10,12H2,1-3H3,(H,22,24)/t13-,14-,16-/m1/s1. The smallest absolute Gasteiger partial charge is 0.338 e. The molecule has 0 spiro atoms. The third-order valence-corrected chi connectivity index (χ3v) is 5.44. The van der Waals surface area contributed by atoms with E-state index in [0.29, 0.717) is 25.0 Å². The van der Waals surface area contributed by atoms with Crippen molar-refractivity contribution in [2.45, 2.75) is 39.2 Å². The quantitative estimate of drug-likeness (QED) is 0.279. The molecule has 0 bridgehead atoms. The number of carbonyl (C=O) groups is 2. The normalized spacial score (nSPS) is 21.3. The van der Waals surface area contributed by atoms with Gasteiger partial charge in [0.05, 0.1) is 17.1 Å². The van der Waals surface area contributed by atoms with Crippen LogP contribution in [-0.4, -0.2) is 49.7 Å². The van der Waals surface area contributed by atoms with E-state index in [1.807, 2.05) is 0 Å². The number of hydrogen-bond donors (Lipinski definition) is 2. The Labute approximate surface area is 170 Å². The minimum Gasteiger partial charge on any atom is -0.452 e. The van der Waals surface area contributed by atoms with Gasteiger partial charge in [-0.3, -0.25) is 14.9 Å². The third-order valence-electron chi connectivity index (χ3n) is 5.44. The number of nitro groups is 1. The van der Waals surface area contributed by atoms with Crippen molar-refractivity contribution < 1.29 is 24.0 Å². The molecule has 0 radical (unpaired) electrons. The number of benzene rings is 1. The molecule has 2 N–H and O–H groups in total. The lowest BCUT2D eigenvalue weighted by Crippen LogP contribution is -2.45. The predicted octanol–water partition coefficient (Wildman–Crippen LogP) is 2.75. The lowest BCUT2D eigenvalue weighted by molar-refractivity contribution is -0.384. The van der Waals surface area contributed by atoms with Crippen molar-refractivity contribution in [2.75, 3.05) is 32.2 Å². The average molecular weight is 407 g/mol. The fourth-order valence-electron chi connectivity index (χ4n) is 3.50.